The molecule has 0 bridgehead atoms. The van der Waals surface area contributed by atoms with Crippen LogP contribution in [0.2, 0.25) is 0 Å². The van der Waals surface area contributed by atoms with Crippen LogP contribution in [0.1, 0.15) is 36.5 Å². The number of carbonyl (C=O) groups is 1. The second kappa shape index (κ2) is 10.1. The van der Waals surface area contributed by atoms with Gasteiger partial charge in [-0.25, -0.2) is 12.7 Å². The highest BCUT2D eigenvalue weighted by molar-refractivity contribution is 7.88. The SMILES string of the molecule is CCOc1ccc(CNC(=O)C2CCN(S(=O)(=O)Cc3ccc(C)cc3)CC2)cc1. The Hall–Kier alpha value is -2.38. The van der Waals surface area contributed by atoms with Crippen LogP contribution >= 0.6 is 0 Å². The summed E-state index contributed by atoms with van der Waals surface area (Å²) in [6, 6.07) is 15.2. The molecular formula is C23H30N2O4S. The van der Waals surface area contributed by atoms with E-state index < -0.39 is 10.0 Å². The minimum atomic E-state index is -3.37. The quantitative estimate of drug-likeness (QED) is 0.698. The van der Waals surface area contributed by atoms with Crippen molar-refractivity contribution in [2.45, 2.75) is 39.0 Å². The normalized spacial score (nSPS) is 15.7. The Morgan fingerprint density at radius 2 is 1.63 bits per heavy atom. The molecule has 0 atom stereocenters. The first-order valence-electron chi connectivity index (χ1n) is 10.4. The summed E-state index contributed by atoms with van der Waals surface area (Å²) in [5, 5.41) is 2.97. The third-order valence-corrected chi connectivity index (χ3v) is 7.24. The van der Waals surface area contributed by atoms with Gasteiger partial charge in [-0.05, 0) is 49.9 Å². The molecule has 2 aromatic carbocycles. The Balaban J connectivity index is 1.47. The molecule has 1 heterocycles. The van der Waals surface area contributed by atoms with E-state index in [0.29, 0.717) is 39.1 Å². The van der Waals surface area contributed by atoms with Gasteiger partial charge in [-0.1, -0.05) is 42.0 Å². The number of hydrogen-bond acceptors (Lipinski definition) is 4. The number of piperidine rings is 1. The predicted octanol–water partition coefficient (Wildman–Crippen LogP) is 3.25. The summed E-state index contributed by atoms with van der Waals surface area (Å²) in [5.41, 5.74) is 2.90. The average Bonchev–Trinajstić information content (AvgIpc) is 2.75. The lowest BCUT2D eigenvalue weighted by Crippen LogP contribution is -2.43. The van der Waals surface area contributed by atoms with E-state index in [-0.39, 0.29) is 17.6 Å². The first kappa shape index (κ1) is 22.3. The summed E-state index contributed by atoms with van der Waals surface area (Å²) in [7, 11) is -3.37. The molecule has 0 unspecified atom stereocenters. The van der Waals surface area contributed by atoms with Crippen molar-refractivity contribution in [2.24, 2.45) is 5.92 Å². The molecule has 30 heavy (non-hydrogen) atoms. The number of rotatable bonds is 8. The maximum Gasteiger partial charge on any atom is 0.223 e. The smallest absolute Gasteiger partial charge is 0.223 e. The van der Waals surface area contributed by atoms with E-state index in [1.54, 1.807) is 0 Å². The Labute approximate surface area is 179 Å². The molecular weight excluding hydrogens is 400 g/mol. The highest BCUT2D eigenvalue weighted by Crippen LogP contribution is 2.22. The number of sulfonamides is 1. The summed E-state index contributed by atoms with van der Waals surface area (Å²) in [4.78, 5) is 12.5. The first-order chi connectivity index (χ1) is 14.4. The van der Waals surface area contributed by atoms with Gasteiger partial charge < -0.3 is 10.1 Å². The summed E-state index contributed by atoms with van der Waals surface area (Å²) in [6.45, 7) is 5.76. The molecule has 1 aliphatic heterocycles. The molecule has 0 saturated carbocycles. The zero-order valence-corrected chi connectivity index (χ0v) is 18.5. The van der Waals surface area contributed by atoms with Crippen LogP contribution in [0.25, 0.3) is 0 Å². The number of ether oxygens (including phenoxy) is 1. The van der Waals surface area contributed by atoms with E-state index >= 15 is 0 Å². The van der Waals surface area contributed by atoms with E-state index in [2.05, 4.69) is 5.32 Å². The maximum absolute atomic E-state index is 12.7. The number of carbonyl (C=O) groups excluding carboxylic acids is 1. The van der Waals surface area contributed by atoms with Crippen molar-refractivity contribution in [3.8, 4) is 5.75 Å². The van der Waals surface area contributed by atoms with Crippen molar-refractivity contribution in [2.75, 3.05) is 19.7 Å². The summed E-state index contributed by atoms with van der Waals surface area (Å²) >= 11 is 0. The molecule has 1 amide bonds. The van der Waals surface area contributed by atoms with Crippen molar-refractivity contribution in [3.05, 3.63) is 65.2 Å². The fraction of sp³-hybridized carbons (Fsp3) is 0.435. The lowest BCUT2D eigenvalue weighted by atomic mass is 9.97. The Bertz CT molecular complexity index is 932. The van der Waals surface area contributed by atoms with Gasteiger partial charge in [-0.2, -0.15) is 0 Å². The van der Waals surface area contributed by atoms with Gasteiger partial charge in [-0.3, -0.25) is 4.79 Å². The largest absolute Gasteiger partial charge is 0.494 e. The summed E-state index contributed by atoms with van der Waals surface area (Å²) < 4.78 is 32.4. The molecule has 7 heteroatoms. The average molecular weight is 431 g/mol. The second-order valence-electron chi connectivity index (χ2n) is 7.71. The van der Waals surface area contributed by atoms with E-state index in [0.717, 1.165) is 22.4 Å². The van der Waals surface area contributed by atoms with Crippen molar-refractivity contribution in [3.63, 3.8) is 0 Å². The minimum Gasteiger partial charge on any atom is -0.494 e. The van der Waals surface area contributed by atoms with Gasteiger partial charge in [0.15, 0.2) is 0 Å². The molecule has 0 radical (unpaired) electrons. The fourth-order valence-electron chi connectivity index (χ4n) is 3.59. The van der Waals surface area contributed by atoms with Crippen LogP contribution in [0.5, 0.6) is 5.75 Å². The van der Waals surface area contributed by atoms with Crippen LogP contribution in [0.15, 0.2) is 48.5 Å². The van der Waals surface area contributed by atoms with Crippen LogP contribution in [0.4, 0.5) is 0 Å². The second-order valence-corrected chi connectivity index (χ2v) is 9.68. The van der Waals surface area contributed by atoms with Crippen LogP contribution in [-0.4, -0.2) is 38.3 Å². The van der Waals surface area contributed by atoms with E-state index in [1.165, 1.54) is 4.31 Å². The van der Waals surface area contributed by atoms with Gasteiger partial charge in [0.05, 0.1) is 12.4 Å². The van der Waals surface area contributed by atoms with Crippen LogP contribution in [-0.2, 0) is 27.1 Å². The highest BCUT2D eigenvalue weighted by Gasteiger charge is 2.31. The Morgan fingerprint density at radius 3 is 2.23 bits per heavy atom. The van der Waals surface area contributed by atoms with Gasteiger partial charge in [0.1, 0.15) is 5.75 Å². The van der Waals surface area contributed by atoms with Crippen molar-refractivity contribution in [1.29, 1.82) is 0 Å². The van der Waals surface area contributed by atoms with Crippen molar-refractivity contribution in [1.82, 2.24) is 9.62 Å². The van der Waals surface area contributed by atoms with Crippen molar-refractivity contribution >= 4 is 15.9 Å². The highest BCUT2D eigenvalue weighted by atomic mass is 32.2. The van der Waals surface area contributed by atoms with Gasteiger partial charge in [0.25, 0.3) is 0 Å². The Kier molecular flexibility index (Phi) is 7.50. The number of benzene rings is 2. The molecule has 162 valence electrons. The molecule has 2 aromatic rings. The van der Waals surface area contributed by atoms with Gasteiger partial charge >= 0.3 is 0 Å². The van der Waals surface area contributed by atoms with E-state index in [9.17, 15) is 13.2 Å². The fourth-order valence-corrected chi connectivity index (χ4v) is 5.15. The first-order valence-corrected chi connectivity index (χ1v) is 12.0. The molecule has 0 aromatic heterocycles. The molecule has 0 aliphatic carbocycles. The molecule has 1 N–H and O–H groups in total. The van der Waals surface area contributed by atoms with Gasteiger partial charge in [0.2, 0.25) is 15.9 Å². The standard InChI is InChI=1S/C23H30N2O4S/c1-3-29-22-10-8-19(9-11-22)16-24-23(26)21-12-14-25(15-13-21)30(27,28)17-20-6-4-18(2)5-7-20/h4-11,21H,3,12-17H2,1-2H3,(H,24,26). The van der Waals surface area contributed by atoms with E-state index in [4.69, 9.17) is 4.74 Å². The number of aryl methyl sites for hydroxylation is 1. The molecule has 3 rings (SSSR count). The molecule has 1 saturated heterocycles. The minimum absolute atomic E-state index is 0.00187. The maximum atomic E-state index is 12.7. The predicted molar refractivity (Wildman–Crippen MR) is 118 cm³/mol. The summed E-state index contributed by atoms with van der Waals surface area (Å²) in [6.07, 6.45) is 1.09. The zero-order chi connectivity index (χ0) is 21.6. The lowest BCUT2D eigenvalue weighted by molar-refractivity contribution is -0.126. The molecule has 0 spiro atoms. The van der Waals surface area contributed by atoms with Crippen LogP contribution in [0, 0.1) is 12.8 Å². The molecule has 6 nitrogen and oxygen atoms in total. The molecule has 1 aliphatic rings. The van der Waals surface area contributed by atoms with Crippen molar-refractivity contribution < 1.29 is 17.9 Å². The van der Waals surface area contributed by atoms with Gasteiger partial charge in [0, 0.05) is 25.6 Å². The molecule has 1 fully saturated rings. The lowest BCUT2D eigenvalue weighted by Gasteiger charge is -2.30. The topological polar surface area (TPSA) is 75.7 Å². The third kappa shape index (κ3) is 6.06. The summed E-state index contributed by atoms with van der Waals surface area (Å²) in [5.74, 6) is 0.645. The number of hydrogen-bond donors (Lipinski definition) is 1. The van der Waals surface area contributed by atoms with Gasteiger partial charge in [-0.15, -0.1) is 0 Å². The van der Waals surface area contributed by atoms with Crippen LogP contribution in [0.3, 0.4) is 0 Å². The number of amides is 1. The Morgan fingerprint density at radius 1 is 1.03 bits per heavy atom. The van der Waals surface area contributed by atoms with E-state index in [1.807, 2.05) is 62.4 Å². The number of nitrogens with zero attached hydrogens (tertiary/aromatic N) is 1. The number of nitrogens with one attached hydrogen (secondary N) is 1. The monoisotopic (exact) mass is 430 g/mol. The zero-order valence-electron chi connectivity index (χ0n) is 17.6. The van der Waals surface area contributed by atoms with Crippen LogP contribution < -0.4 is 10.1 Å². The third-order valence-electron chi connectivity index (χ3n) is 5.39.